The Balaban J connectivity index is 1.83. The average Bonchev–Trinajstić information content (AvgIpc) is 2.73. The topological polar surface area (TPSA) is 37.4 Å². The third-order valence-electron chi connectivity index (χ3n) is 7.86. The molecule has 0 unspecified atom stereocenters. The number of anilines is 1. The zero-order valence-electron chi connectivity index (χ0n) is 21.6. The van der Waals surface area contributed by atoms with E-state index in [0.29, 0.717) is 12.8 Å². The molecule has 0 spiro atoms. The molecular weight excluding hydrogens is 498 g/mol. The second-order valence-electron chi connectivity index (χ2n) is 12.2. The Morgan fingerprint density at radius 2 is 1.26 bits per heavy atom. The van der Waals surface area contributed by atoms with E-state index in [1.54, 1.807) is 0 Å². The molecule has 0 radical (unpaired) electrons. The van der Waals surface area contributed by atoms with Gasteiger partial charge in [0.1, 0.15) is 0 Å². The van der Waals surface area contributed by atoms with Crippen LogP contribution in [0.3, 0.4) is 0 Å². The number of hydrogen-bond acceptors (Lipinski definition) is 3. The summed E-state index contributed by atoms with van der Waals surface area (Å²) in [4.78, 5) is 30.0. The maximum atomic E-state index is 13.9. The fraction of sp³-hybridized carbons (Fsp3) is 0.419. The van der Waals surface area contributed by atoms with Crippen molar-refractivity contribution in [3.63, 3.8) is 0 Å². The van der Waals surface area contributed by atoms with Crippen molar-refractivity contribution >= 4 is 33.2 Å². The van der Waals surface area contributed by atoms with Gasteiger partial charge in [0, 0.05) is 51.5 Å². The van der Waals surface area contributed by atoms with Crippen LogP contribution in [0.25, 0.3) is 0 Å². The van der Waals surface area contributed by atoms with Gasteiger partial charge in [-0.3, -0.25) is 9.59 Å². The Hall–Kier alpha value is -2.46. The van der Waals surface area contributed by atoms with E-state index >= 15 is 0 Å². The van der Waals surface area contributed by atoms with Gasteiger partial charge in [-0.15, -0.1) is 0 Å². The van der Waals surface area contributed by atoms with Crippen molar-refractivity contribution in [2.75, 3.05) is 4.90 Å². The van der Waals surface area contributed by atoms with E-state index in [9.17, 15) is 9.59 Å². The maximum absolute atomic E-state index is 13.9. The number of carbonyl (C=O) groups excluding carboxylic acids is 2. The first kappa shape index (κ1) is 24.2. The van der Waals surface area contributed by atoms with Gasteiger partial charge in [-0.2, -0.15) is 0 Å². The summed E-state index contributed by atoms with van der Waals surface area (Å²) in [6.45, 7) is 13.0. The van der Waals surface area contributed by atoms with Crippen LogP contribution < -0.4 is 4.90 Å². The molecule has 0 saturated carbocycles. The fourth-order valence-electron chi connectivity index (χ4n) is 6.13. The maximum Gasteiger partial charge on any atom is 0.162 e. The van der Waals surface area contributed by atoms with E-state index in [-0.39, 0.29) is 28.3 Å². The van der Waals surface area contributed by atoms with Gasteiger partial charge >= 0.3 is 0 Å². The minimum absolute atomic E-state index is 0.134. The highest BCUT2D eigenvalue weighted by Crippen LogP contribution is 2.55. The van der Waals surface area contributed by atoms with Crippen LogP contribution in [-0.2, 0) is 9.59 Å². The molecule has 3 nitrogen and oxygen atoms in total. The molecule has 5 rings (SSSR count). The number of carbonyl (C=O) groups is 2. The number of allylic oxidation sites excluding steroid dienone is 4. The molecule has 2 aromatic carbocycles. The molecule has 2 aromatic rings. The molecule has 2 aliphatic carbocycles. The van der Waals surface area contributed by atoms with Gasteiger partial charge in [-0.25, -0.2) is 0 Å². The van der Waals surface area contributed by atoms with Gasteiger partial charge in [0.2, 0.25) is 0 Å². The predicted molar refractivity (Wildman–Crippen MR) is 145 cm³/mol. The first-order chi connectivity index (χ1) is 16.4. The molecule has 182 valence electrons. The number of halogens is 1. The highest BCUT2D eigenvalue weighted by Gasteiger charge is 2.49. The monoisotopic (exact) mass is 531 g/mol. The van der Waals surface area contributed by atoms with Crippen molar-refractivity contribution in [1.82, 2.24) is 0 Å². The molecule has 35 heavy (non-hydrogen) atoms. The number of benzene rings is 2. The Bertz CT molecular complexity index is 1260. The lowest BCUT2D eigenvalue weighted by Gasteiger charge is -2.49. The second kappa shape index (κ2) is 8.30. The van der Waals surface area contributed by atoms with Crippen LogP contribution in [-0.4, -0.2) is 11.6 Å². The smallest absolute Gasteiger partial charge is 0.162 e. The van der Waals surface area contributed by atoms with Crippen LogP contribution in [0.2, 0.25) is 0 Å². The lowest BCUT2D eigenvalue weighted by molar-refractivity contribution is -0.119. The van der Waals surface area contributed by atoms with Gasteiger partial charge in [-0.05, 0) is 78.5 Å². The second-order valence-corrected chi connectivity index (χ2v) is 13.1. The summed E-state index contributed by atoms with van der Waals surface area (Å²) >= 11 is 3.55. The molecule has 0 fully saturated rings. The molecule has 1 aliphatic heterocycles. The van der Waals surface area contributed by atoms with Crippen molar-refractivity contribution in [1.29, 1.82) is 0 Å². The lowest BCUT2D eigenvalue weighted by atomic mass is 9.63. The normalized spacial score (nSPS) is 21.9. The van der Waals surface area contributed by atoms with E-state index in [4.69, 9.17) is 0 Å². The SMILES string of the molecule is Cc1ccc(N2C3=C(C(=O)CC(C)(C)C3)C(c3ccc(Br)cc3)C3=C2CC(C)(C)CC3=O)cc1C. The molecule has 0 atom stereocenters. The summed E-state index contributed by atoms with van der Waals surface area (Å²) in [6.07, 6.45) is 2.61. The van der Waals surface area contributed by atoms with E-state index in [2.05, 4.69) is 92.7 Å². The molecule has 0 saturated heterocycles. The Labute approximate surface area is 217 Å². The van der Waals surface area contributed by atoms with Crippen LogP contribution in [0.1, 0.15) is 76.0 Å². The van der Waals surface area contributed by atoms with Crippen LogP contribution in [0, 0.1) is 24.7 Å². The van der Waals surface area contributed by atoms with E-state index < -0.39 is 0 Å². The first-order valence-corrected chi connectivity index (χ1v) is 13.3. The minimum Gasteiger partial charge on any atom is -0.317 e. The predicted octanol–water partition coefficient (Wildman–Crippen LogP) is 7.96. The summed E-state index contributed by atoms with van der Waals surface area (Å²) in [7, 11) is 0. The van der Waals surface area contributed by atoms with Gasteiger partial charge in [0.15, 0.2) is 11.6 Å². The van der Waals surface area contributed by atoms with Gasteiger partial charge in [0.25, 0.3) is 0 Å². The summed E-state index contributed by atoms with van der Waals surface area (Å²) in [5.41, 5.74) is 8.04. The van der Waals surface area contributed by atoms with Crippen molar-refractivity contribution in [3.8, 4) is 0 Å². The lowest BCUT2D eigenvalue weighted by Crippen LogP contribution is -2.44. The van der Waals surface area contributed by atoms with Crippen LogP contribution in [0.5, 0.6) is 0 Å². The molecule has 1 heterocycles. The summed E-state index contributed by atoms with van der Waals surface area (Å²) in [6, 6.07) is 14.7. The minimum atomic E-state index is -0.303. The number of ketones is 2. The first-order valence-electron chi connectivity index (χ1n) is 12.5. The summed E-state index contributed by atoms with van der Waals surface area (Å²) in [5, 5.41) is 0. The number of hydrogen-bond donors (Lipinski definition) is 0. The quantitative estimate of drug-likeness (QED) is 0.394. The standard InChI is InChI=1S/C31H34BrNO2/c1-18-7-12-22(13-19(18)2)33-23-14-30(3,4)16-25(34)28(23)27(20-8-10-21(32)11-9-20)29-24(33)15-31(5,6)17-26(29)35/h7-13,27H,14-17H2,1-6H3. The molecular formula is C31H34BrNO2. The van der Waals surface area contributed by atoms with Crippen LogP contribution in [0.15, 0.2) is 69.5 Å². The highest BCUT2D eigenvalue weighted by molar-refractivity contribution is 9.10. The molecule has 4 heteroatoms. The van der Waals surface area contributed by atoms with Gasteiger partial charge in [0.05, 0.1) is 0 Å². The Morgan fingerprint density at radius 3 is 1.74 bits per heavy atom. The number of rotatable bonds is 2. The van der Waals surface area contributed by atoms with Crippen molar-refractivity contribution in [3.05, 3.63) is 86.2 Å². The summed E-state index contributed by atoms with van der Waals surface area (Å²) < 4.78 is 0.990. The Morgan fingerprint density at radius 1 is 0.743 bits per heavy atom. The fourth-order valence-corrected chi connectivity index (χ4v) is 6.39. The van der Waals surface area contributed by atoms with Gasteiger partial charge < -0.3 is 4.90 Å². The molecule has 0 N–H and O–H groups in total. The van der Waals surface area contributed by atoms with E-state index in [0.717, 1.165) is 51.1 Å². The summed E-state index contributed by atoms with van der Waals surface area (Å²) in [5.74, 6) is 0.0347. The van der Waals surface area contributed by atoms with Crippen LogP contribution >= 0.6 is 15.9 Å². The molecule has 0 bridgehead atoms. The average molecular weight is 533 g/mol. The van der Waals surface area contributed by atoms with Crippen molar-refractivity contribution in [2.24, 2.45) is 10.8 Å². The molecule has 3 aliphatic rings. The van der Waals surface area contributed by atoms with Gasteiger partial charge in [-0.1, -0.05) is 61.8 Å². The number of nitrogens with zero attached hydrogens (tertiary/aromatic N) is 1. The number of Topliss-reactive ketones (excluding diaryl/α,β-unsaturated/α-hetero) is 2. The van der Waals surface area contributed by atoms with E-state index in [1.165, 1.54) is 11.1 Å². The molecule has 0 aromatic heterocycles. The zero-order chi connectivity index (χ0) is 25.3. The van der Waals surface area contributed by atoms with Crippen molar-refractivity contribution < 1.29 is 9.59 Å². The Kier molecular flexibility index (Phi) is 5.75. The third kappa shape index (κ3) is 4.24. The third-order valence-corrected chi connectivity index (χ3v) is 8.39. The highest BCUT2D eigenvalue weighted by atomic mass is 79.9. The number of aryl methyl sites for hydroxylation is 2. The zero-order valence-corrected chi connectivity index (χ0v) is 23.2. The molecule has 0 amide bonds. The van der Waals surface area contributed by atoms with Crippen LogP contribution in [0.4, 0.5) is 5.69 Å². The van der Waals surface area contributed by atoms with Crippen molar-refractivity contribution in [2.45, 2.75) is 73.1 Å². The van der Waals surface area contributed by atoms with E-state index in [1.807, 2.05) is 12.1 Å². The largest absolute Gasteiger partial charge is 0.317 e.